The molecule has 2 N–H and O–H groups in total. The Kier molecular flexibility index (Phi) is 1.46. The Labute approximate surface area is 72.9 Å². The van der Waals surface area contributed by atoms with Gasteiger partial charge in [-0.15, -0.1) is 0 Å². The van der Waals surface area contributed by atoms with E-state index in [9.17, 15) is 10.2 Å². The van der Waals surface area contributed by atoms with Gasteiger partial charge in [0.1, 0.15) is 0 Å². The van der Waals surface area contributed by atoms with E-state index in [0.29, 0.717) is 0 Å². The van der Waals surface area contributed by atoms with Gasteiger partial charge in [-0.1, -0.05) is 26.0 Å². The quantitative estimate of drug-likeness (QED) is 0.528. The van der Waals surface area contributed by atoms with Crippen LogP contribution in [0.1, 0.15) is 20.3 Å². The maximum atomic E-state index is 9.78. The van der Waals surface area contributed by atoms with E-state index < -0.39 is 0 Å². The molecule has 0 spiro atoms. The molecule has 0 heterocycles. The summed E-state index contributed by atoms with van der Waals surface area (Å²) in [5.41, 5.74) is 1.04. The first-order valence-corrected chi connectivity index (χ1v) is 4.51. The monoisotopic (exact) mass is 168 g/mol. The van der Waals surface area contributed by atoms with Crippen LogP contribution in [-0.4, -0.2) is 22.4 Å². The molecule has 2 saturated carbocycles. The van der Waals surface area contributed by atoms with Gasteiger partial charge in [0, 0.05) is 5.92 Å². The standard InChI is InChI=1S/C10H16O2/c1-5-8-7(11)4-6(9(8)12)10(5,2)3/h6-9,11-12H,1,4H2,2-3H3. The van der Waals surface area contributed by atoms with Crippen LogP contribution in [0.3, 0.4) is 0 Å². The van der Waals surface area contributed by atoms with Gasteiger partial charge >= 0.3 is 0 Å². The maximum absolute atomic E-state index is 9.78. The van der Waals surface area contributed by atoms with E-state index in [1.54, 1.807) is 0 Å². The van der Waals surface area contributed by atoms with Gasteiger partial charge in [-0.2, -0.15) is 0 Å². The molecule has 68 valence electrons. The Morgan fingerprint density at radius 2 is 2.00 bits per heavy atom. The summed E-state index contributed by atoms with van der Waals surface area (Å²) in [5.74, 6) is 0.148. The molecule has 0 aromatic heterocycles. The molecule has 0 aromatic rings. The van der Waals surface area contributed by atoms with Gasteiger partial charge in [-0.3, -0.25) is 0 Å². The second-order valence-electron chi connectivity index (χ2n) is 4.67. The van der Waals surface area contributed by atoms with Crippen molar-refractivity contribution in [2.24, 2.45) is 17.3 Å². The van der Waals surface area contributed by atoms with Gasteiger partial charge in [-0.25, -0.2) is 0 Å². The van der Waals surface area contributed by atoms with Crippen molar-refractivity contribution < 1.29 is 10.2 Å². The zero-order chi connectivity index (χ0) is 9.09. The van der Waals surface area contributed by atoms with Crippen LogP contribution < -0.4 is 0 Å². The zero-order valence-corrected chi connectivity index (χ0v) is 7.62. The van der Waals surface area contributed by atoms with Crippen molar-refractivity contribution in [3.05, 3.63) is 12.2 Å². The summed E-state index contributed by atoms with van der Waals surface area (Å²) in [6, 6.07) is 0. The highest BCUT2D eigenvalue weighted by Crippen LogP contribution is 2.58. The number of hydrogen-bond acceptors (Lipinski definition) is 2. The first-order valence-electron chi connectivity index (χ1n) is 4.51. The fourth-order valence-corrected chi connectivity index (χ4v) is 2.85. The summed E-state index contributed by atoms with van der Waals surface area (Å²) in [6.07, 6.45) is 0.0192. The van der Waals surface area contributed by atoms with Crippen molar-refractivity contribution in [1.29, 1.82) is 0 Å². The zero-order valence-electron chi connectivity index (χ0n) is 7.62. The average Bonchev–Trinajstić information content (AvgIpc) is 2.31. The van der Waals surface area contributed by atoms with Gasteiger partial charge in [-0.05, 0) is 17.8 Å². The molecule has 0 amide bonds. The Morgan fingerprint density at radius 1 is 1.42 bits per heavy atom. The minimum Gasteiger partial charge on any atom is -0.392 e. The third kappa shape index (κ3) is 0.723. The van der Waals surface area contributed by atoms with E-state index in [0.717, 1.165) is 12.0 Å². The van der Waals surface area contributed by atoms with Gasteiger partial charge in [0.2, 0.25) is 0 Å². The molecule has 2 aliphatic rings. The highest BCUT2D eigenvalue weighted by Gasteiger charge is 2.58. The molecule has 2 fully saturated rings. The molecule has 0 aromatic carbocycles. The lowest BCUT2D eigenvalue weighted by Gasteiger charge is -2.33. The average molecular weight is 168 g/mol. The summed E-state index contributed by atoms with van der Waals surface area (Å²) in [6.45, 7) is 8.18. The van der Waals surface area contributed by atoms with Crippen molar-refractivity contribution in [2.75, 3.05) is 0 Å². The summed E-state index contributed by atoms with van der Waals surface area (Å²) in [4.78, 5) is 0. The first-order chi connectivity index (χ1) is 5.46. The van der Waals surface area contributed by atoms with E-state index in [2.05, 4.69) is 20.4 Å². The molecule has 0 aliphatic heterocycles. The van der Waals surface area contributed by atoms with Crippen molar-refractivity contribution in [3.63, 3.8) is 0 Å². The second kappa shape index (κ2) is 2.12. The lowest BCUT2D eigenvalue weighted by Crippen LogP contribution is -2.29. The number of aliphatic hydroxyl groups is 2. The highest BCUT2D eigenvalue weighted by molar-refractivity contribution is 5.28. The maximum Gasteiger partial charge on any atom is 0.0667 e. The predicted octanol–water partition coefficient (Wildman–Crippen LogP) is 0.940. The third-order valence-electron chi connectivity index (χ3n) is 3.85. The molecular weight excluding hydrogens is 152 g/mol. The number of fused-ring (bicyclic) bond motifs is 2. The van der Waals surface area contributed by atoms with Crippen LogP contribution >= 0.6 is 0 Å². The molecule has 2 nitrogen and oxygen atoms in total. The Hall–Kier alpha value is -0.340. The van der Waals surface area contributed by atoms with E-state index in [1.165, 1.54) is 0 Å². The van der Waals surface area contributed by atoms with Crippen LogP contribution in [0.4, 0.5) is 0 Å². The normalized spacial score (nSPS) is 50.2. The molecule has 0 radical (unpaired) electrons. The van der Waals surface area contributed by atoms with E-state index in [4.69, 9.17) is 0 Å². The summed E-state index contributed by atoms with van der Waals surface area (Å²) in [7, 11) is 0. The molecule has 4 unspecified atom stereocenters. The topological polar surface area (TPSA) is 40.5 Å². The second-order valence-corrected chi connectivity index (χ2v) is 4.67. The van der Waals surface area contributed by atoms with Crippen LogP contribution in [-0.2, 0) is 0 Å². The summed E-state index contributed by atoms with van der Waals surface area (Å²) >= 11 is 0. The van der Waals surface area contributed by atoms with Crippen molar-refractivity contribution in [1.82, 2.24) is 0 Å². The van der Waals surface area contributed by atoms with Gasteiger partial charge in [0.15, 0.2) is 0 Å². The number of aliphatic hydroxyl groups excluding tert-OH is 2. The Bertz CT molecular complexity index is 232. The SMILES string of the molecule is C=C1C2C(O)CC(C2O)C1(C)C. The fourth-order valence-electron chi connectivity index (χ4n) is 2.85. The molecule has 12 heavy (non-hydrogen) atoms. The minimum atomic E-state index is -0.359. The molecule has 4 atom stereocenters. The summed E-state index contributed by atoms with van der Waals surface area (Å²) < 4.78 is 0. The lowest BCUT2D eigenvalue weighted by atomic mass is 9.72. The van der Waals surface area contributed by atoms with Crippen LogP contribution in [0.2, 0.25) is 0 Å². The predicted molar refractivity (Wildman–Crippen MR) is 46.5 cm³/mol. The largest absolute Gasteiger partial charge is 0.392 e. The number of rotatable bonds is 0. The van der Waals surface area contributed by atoms with E-state index in [-0.39, 0.29) is 29.5 Å². The number of hydrogen-bond donors (Lipinski definition) is 2. The van der Waals surface area contributed by atoms with Gasteiger partial charge in [0.25, 0.3) is 0 Å². The first kappa shape index (κ1) is 8.27. The molecular formula is C10H16O2. The Morgan fingerprint density at radius 3 is 2.33 bits per heavy atom. The van der Waals surface area contributed by atoms with Crippen molar-refractivity contribution in [2.45, 2.75) is 32.5 Å². The van der Waals surface area contributed by atoms with Crippen molar-refractivity contribution in [3.8, 4) is 0 Å². The molecule has 0 saturated heterocycles. The lowest BCUT2D eigenvalue weighted by molar-refractivity contribution is 0.0912. The smallest absolute Gasteiger partial charge is 0.0667 e. The Balaban J connectivity index is 2.39. The fraction of sp³-hybridized carbons (Fsp3) is 0.800. The molecule has 2 rings (SSSR count). The minimum absolute atomic E-state index is 0.0172. The van der Waals surface area contributed by atoms with Crippen LogP contribution in [0.25, 0.3) is 0 Å². The highest BCUT2D eigenvalue weighted by atomic mass is 16.3. The third-order valence-corrected chi connectivity index (χ3v) is 3.85. The van der Waals surface area contributed by atoms with E-state index >= 15 is 0 Å². The van der Waals surface area contributed by atoms with Crippen LogP contribution in [0.5, 0.6) is 0 Å². The van der Waals surface area contributed by atoms with Crippen LogP contribution in [0, 0.1) is 17.3 Å². The van der Waals surface area contributed by atoms with Crippen molar-refractivity contribution >= 4 is 0 Å². The molecule has 2 heteroatoms. The molecule has 2 bridgehead atoms. The summed E-state index contributed by atoms with van der Waals surface area (Å²) in [5, 5.41) is 19.4. The molecule has 2 aliphatic carbocycles. The van der Waals surface area contributed by atoms with Gasteiger partial charge < -0.3 is 10.2 Å². The van der Waals surface area contributed by atoms with E-state index in [1.807, 2.05) is 0 Å². The van der Waals surface area contributed by atoms with Crippen LogP contribution in [0.15, 0.2) is 12.2 Å². The van der Waals surface area contributed by atoms with Gasteiger partial charge in [0.05, 0.1) is 12.2 Å².